The number of nitrogens with one attached hydrogen (secondary N) is 1. The molecule has 1 aromatic carbocycles. The van der Waals surface area contributed by atoms with Crippen LogP contribution in [0, 0.1) is 0 Å². The molecule has 15 heavy (non-hydrogen) atoms. The topological polar surface area (TPSA) is 29.1 Å². The molecule has 0 spiro atoms. The molecule has 2 nitrogen and oxygen atoms in total. The summed E-state index contributed by atoms with van der Waals surface area (Å²) in [5.41, 5.74) is -0.0410. The van der Waals surface area contributed by atoms with Gasteiger partial charge in [-0.2, -0.15) is 0 Å². The predicted octanol–water partition coefficient (Wildman–Crippen LogP) is 3.17. The summed E-state index contributed by atoms with van der Waals surface area (Å²) >= 11 is 11.6. The maximum atomic E-state index is 12.0. The highest BCUT2D eigenvalue weighted by molar-refractivity contribution is 6.42. The number of benzene rings is 1. The normalized spacial score (nSPS) is 11.5. The fourth-order valence-electron chi connectivity index (χ4n) is 1.11. The summed E-state index contributed by atoms with van der Waals surface area (Å²) in [6, 6.07) is 4.89. The van der Waals surface area contributed by atoms with Crippen LogP contribution in [0.5, 0.6) is 0 Å². The van der Waals surface area contributed by atoms with Gasteiger partial charge < -0.3 is 5.32 Å². The monoisotopic (exact) mass is 245 g/mol. The lowest BCUT2D eigenvalue weighted by molar-refractivity contribution is 0.0889. The first-order valence-corrected chi connectivity index (χ1v) is 5.33. The minimum Gasteiger partial charge on any atom is -0.308 e. The van der Waals surface area contributed by atoms with Gasteiger partial charge in [0.05, 0.1) is 15.6 Å². The van der Waals surface area contributed by atoms with Crippen molar-refractivity contribution >= 4 is 29.0 Å². The second-order valence-electron chi connectivity index (χ2n) is 3.83. The SMILES string of the molecule is CNC(C)(C)C(=O)c1ccc(Cl)c(Cl)c1. The van der Waals surface area contributed by atoms with Crippen molar-refractivity contribution in [1.29, 1.82) is 0 Å². The van der Waals surface area contributed by atoms with Crippen LogP contribution in [0.3, 0.4) is 0 Å². The Bertz CT molecular complexity index is 388. The van der Waals surface area contributed by atoms with Crippen molar-refractivity contribution in [2.45, 2.75) is 19.4 Å². The molecule has 0 saturated heterocycles. The second-order valence-corrected chi connectivity index (χ2v) is 4.65. The van der Waals surface area contributed by atoms with Gasteiger partial charge in [-0.25, -0.2) is 0 Å². The Labute approximate surface area is 99.6 Å². The van der Waals surface area contributed by atoms with Crippen LogP contribution >= 0.6 is 23.2 Å². The van der Waals surface area contributed by atoms with Crippen molar-refractivity contribution in [3.63, 3.8) is 0 Å². The van der Waals surface area contributed by atoms with Gasteiger partial charge in [-0.3, -0.25) is 4.79 Å². The van der Waals surface area contributed by atoms with Gasteiger partial charge in [0.2, 0.25) is 0 Å². The average molecular weight is 246 g/mol. The zero-order valence-electron chi connectivity index (χ0n) is 8.90. The van der Waals surface area contributed by atoms with Gasteiger partial charge in [0.1, 0.15) is 0 Å². The fourth-order valence-corrected chi connectivity index (χ4v) is 1.41. The van der Waals surface area contributed by atoms with Crippen molar-refractivity contribution in [1.82, 2.24) is 5.32 Å². The van der Waals surface area contributed by atoms with Gasteiger partial charge in [0, 0.05) is 5.56 Å². The van der Waals surface area contributed by atoms with Crippen LogP contribution in [0.1, 0.15) is 24.2 Å². The van der Waals surface area contributed by atoms with E-state index < -0.39 is 5.54 Å². The molecule has 0 aliphatic heterocycles. The quantitative estimate of drug-likeness (QED) is 0.830. The van der Waals surface area contributed by atoms with E-state index in [0.29, 0.717) is 15.6 Å². The van der Waals surface area contributed by atoms with Gasteiger partial charge in [-0.15, -0.1) is 0 Å². The third kappa shape index (κ3) is 2.71. The molecule has 0 bridgehead atoms. The van der Waals surface area contributed by atoms with E-state index in [1.807, 2.05) is 13.8 Å². The number of rotatable bonds is 3. The largest absolute Gasteiger partial charge is 0.308 e. The summed E-state index contributed by atoms with van der Waals surface area (Å²) < 4.78 is 0. The minimum absolute atomic E-state index is 0.0106. The summed E-state index contributed by atoms with van der Waals surface area (Å²) in [5.74, 6) is -0.0106. The number of carbonyl (C=O) groups excluding carboxylic acids is 1. The molecule has 0 radical (unpaired) electrons. The highest BCUT2D eigenvalue weighted by atomic mass is 35.5. The van der Waals surface area contributed by atoms with Crippen molar-refractivity contribution in [2.75, 3.05) is 7.05 Å². The van der Waals surface area contributed by atoms with Crippen LogP contribution in [0.15, 0.2) is 18.2 Å². The maximum Gasteiger partial charge on any atom is 0.182 e. The first-order chi connectivity index (χ1) is 6.88. The zero-order valence-corrected chi connectivity index (χ0v) is 10.4. The Morgan fingerprint density at radius 1 is 1.27 bits per heavy atom. The summed E-state index contributed by atoms with van der Waals surface area (Å²) in [4.78, 5) is 12.0. The van der Waals surface area contributed by atoms with E-state index in [1.54, 1.807) is 25.2 Å². The molecule has 1 rings (SSSR count). The molecule has 1 aromatic rings. The molecule has 0 unspecified atom stereocenters. The molecule has 82 valence electrons. The summed E-state index contributed by atoms with van der Waals surface area (Å²) in [7, 11) is 1.75. The van der Waals surface area contributed by atoms with E-state index in [4.69, 9.17) is 23.2 Å². The Hall–Kier alpha value is -0.570. The molecular weight excluding hydrogens is 233 g/mol. The fraction of sp³-hybridized carbons (Fsp3) is 0.364. The predicted molar refractivity (Wildman–Crippen MR) is 63.9 cm³/mol. The molecular formula is C11H13Cl2NO. The van der Waals surface area contributed by atoms with Crippen molar-refractivity contribution in [3.05, 3.63) is 33.8 Å². The standard InChI is InChI=1S/C11H13Cl2NO/c1-11(2,14-3)10(15)7-4-5-8(12)9(13)6-7/h4-6,14H,1-3H3. The Balaban J connectivity index is 3.08. The number of carbonyl (C=O) groups is 1. The van der Waals surface area contributed by atoms with Crippen LogP contribution in [0.2, 0.25) is 10.0 Å². The molecule has 0 fully saturated rings. The maximum absolute atomic E-state index is 12.0. The van der Waals surface area contributed by atoms with Crippen LogP contribution in [-0.2, 0) is 0 Å². The molecule has 0 aliphatic rings. The highest BCUT2D eigenvalue weighted by Crippen LogP contribution is 2.24. The Morgan fingerprint density at radius 3 is 2.33 bits per heavy atom. The van der Waals surface area contributed by atoms with Crippen LogP contribution in [0.25, 0.3) is 0 Å². The molecule has 0 heterocycles. The van der Waals surface area contributed by atoms with Gasteiger partial charge in [-0.05, 0) is 39.1 Å². The molecule has 4 heteroatoms. The number of hydrogen-bond acceptors (Lipinski definition) is 2. The Kier molecular flexibility index (Phi) is 3.77. The van der Waals surface area contributed by atoms with E-state index in [-0.39, 0.29) is 5.78 Å². The first kappa shape index (κ1) is 12.5. The number of hydrogen-bond donors (Lipinski definition) is 1. The molecule has 0 aromatic heterocycles. The van der Waals surface area contributed by atoms with Crippen LogP contribution < -0.4 is 5.32 Å². The molecule has 1 N–H and O–H groups in total. The molecule has 0 atom stereocenters. The van der Waals surface area contributed by atoms with E-state index >= 15 is 0 Å². The number of likely N-dealkylation sites (N-methyl/N-ethyl adjacent to an activating group) is 1. The highest BCUT2D eigenvalue weighted by Gasteiger charge is 2.26. The van der Waals surface area contributed by atoms with Crippen LogP contribution in [-0.4, -0.2) is 18.4 Å². The smallest absolute Gasteiger partial charge is 0.182 e. The second kappa shape index (κ2) is 4.52. The molecule has 0 saturated carbocycles. The summed E-state index contributed by atoms with van der Waals surface area (Å²) in [6.45, 7) is 3.63. The van der Waals surface area contributed by atoms with Gasteiger partial charge in [-0.1, -0.05) is 23.2 Å². The third-order valence-corrected chi connectivity index (χ3v) is 3.11. The van der Waals surface area contributed by atoms with Gasteiger partial charge in [0.15, 0.2) is 5.78 Å². The Morgan fingerprint density at radius 2 is 1.87 bits per heavy atom. The van der Waals surface area contributed by atoms with E-state index in [9.17, 15) is 4.79 Å². The number of ketones is 1. The number of halogens is 2. The van der Waals surface area contributed by atoms with E-state index in [2.05, 4.69) is 5.32 Å². The zero-order chi connectivity index (χ0) is 11.6. The average Bonchev–Trinajstić information content (AvgIpc) is 2.21. The van der Waals surface area contributed by atoms with Crippen molar-refractivity contribution in [2.24, 2.45) is 0 Å². The van der Waals surface area contributed by atoms with Crippen molar-refractivity contribution < 1.29 is 4.79 Å². The minimum atomic E-state index is -0.600. The summed E-state index contributed by atoms with van der Waals surface area (Å²) in [5, 5.41) is 3.80. The first-order valence-electron chi connectivity index (χ1n) is 4.57. The lowest BCUT2D eigenvalue weighted by atomic mass is 9.93. The van der Waals surface area contributed by atoms with Gasteiger partial charge in [0.25, 0.3) is 0 Å². The van der Waals surface area contributed by atoms with E-state index in [0.717, 1.165) is 0 Å². The van der Waals surface area contributed by atoms with Crippen molar-refractivity contribution in [3.8, 4) is 0 Å². The summed E-state index contributed by atoms with van der Waals surface area (Å²) in [6.07, 6.45) is 0. The van der Waals surface area contributed by atoms with Gasteiger partial charge >= 0.3 is 0 Å². The lowest BCUT2D eigenvalue weighted by Crippen LogP contribution is -2.44. The lowest BCUT2D eigenvalue weighted by Gasteiger charge is -2.22. The number of Topliss-reactive ketones (excluding diaryl/α,β-unsaturated/α-hetero) is 1. The molecule has 0 aliphatic carbocycles. The van der Waals surface area contributed by atoms with Crippen LogP contribution in [0.4, 0.5) is 0 Å². The molecule has 0 amide bonds. The van der Waals surface area contributed by atoms with E-state index in [1.165, 1.54) is 0 Å². The third-order valence-electron chi connectivity index (χ3n) is 2.37.